The zero-order valence-corrected chi connectivity index (χ0v) is 6.77. The Bertz CT molecular complexity index is 241. The van der Waals surface area contributed by atoms with Gasteiger partial charge in [-0.2, -0.15) is 0 Å². The smallest absolute Gasteiger partial charge is 0.0384 e. The Balaban J connectivity index is 2.99. The molecule has 0 aliphatic rings. The maximum absolute atomic E-state index is 7.20. The van der Waals surface area contributed by atoms with Gasteiger partial charge in [-0.1, -0.05) is 33.2 Å². The Kier molecular flexibility index (Phi) is 0.978. The van der Waals surface area contributed by atoms with Crippen molar-refractivity contribution in [1.29, 1.82) is 3.70 Å². The molecule has 1 aromatic carbocycles. The maximum Gasteiger partial charge on any atom is 0.0384 e. The molecule has 0 heterocycles. The molecule has 0 radical (unpaired) electrons. The van der Waals surface area contributed by atoms with E-state index in [1.807, 2.05) is 0 Å². The molecular weight excluding hydrogens is 180 g/mol. The first kappa shape index (κ1) is 3.18. The fraction of sp³-hybridized carbons (Fsp3) is 0. The van der Waals surface area contributed by atoms with Crippen molar-refractivity contribution in [3.63, 3.8) is 0 Å². The van der Waals surface area contributed by atoms with Crippen LogP contribution in [0.2, 0.25) is 0 Å². The Labute approximate surface area is 64.1 Å². The first-order valence-corrected chi connectivity index (χ1v) is 3.55. The topological polar surface area (TPSA) is 0 Å². The summed E-state index contributed by atoms with van der Waals surface area (Å²) < 4.78 is 22.5. The third kappa shape index (κ3) is 1.45. The van der Waals surface area contributed by atoms with Crippen molar-refractivity contribution in [2.24, 2.45) is 0 Å². The van der Waals surface area contributed by atoms with Crippen LogP contribution < -0.4 is 5.19 Å². The summed E-state index contributed by atoms with van der Waals surface area (Å²) in [7, 11) is -3.33. The van der Waals surface area contributed by atoms with Crippen LogP contribution in [0.1, 0.15) is 0 Å². The maximum atomic E-state index is 7.20. The summed E-state index contributed by atoms with van der Waals surface area (Å²) in [5.41, 5.74) is 0. The van der Waals surface area contributed by atoms with E-state index in [1.165, 1.54) is 0 Å². The number of halogens is 1. The van der Waals surface area contributed by atoms with Crippen LogP contribution in [0, 0.1) is 0 Å². The van der Waals surface area contributed by atoms with Gasteiger partial charge in [-0.3, -0.25) is 0 Å². The highest BCUT2D eigenvalue weighted by Gasteiger charge is 1.81. The van der Waals surface area contributed by atoms with Crippen LogP contribution in [0.3, 0.4) is 0 Å². The van der Waals surface area contributed by atoms with Crippen LogP contribution in [0.15, 0.2) is 28.7 Å². The first-order valence-electron chi connectivity index (χ1n) is 3.76. The van der Waals surface area contributed by atoms with Crippen LogP contribution in [0.25, 0.3) is 0 Å². The molecule has 42 valence electrons. The Morgan fingerprint density at radius 1 is 1.38 bits per heavy atom. The van der Waals surface area contributed by atoms with Gasteiger partial charge < -0.3 is 0 Å². The van der Waals surface area contributed by atoms with E-state index in [4.69, 9.17) is 3.70 Å². The standard InChI is InChI=1S/C6H7BrSi/c7-5-1-3-6(8)4-2-5/h1-4H,8H3/i8T3. The first-order chi connectivity index (χ1) is 5.00. The van der Waals surface area contributed by atoms with Crippen molar-refractivity contribution in [3.8, 4) is 0 Å². The van der Waals surface area contributed by atoms with E-state index < -0.39 is 10.0 Å². The van der Waals surface area contributed by atoms with Crippen molar-refractivity contribution < 1.29 is 0 Å². The van der Waals surface area contributed by atoms with Gasteiger partial charge in [0.1, 0.15) is 0 Å². The van der Waals surface area contributed by atoms with Crippen molar-refractivity contribution in [2.75, 3.05) is 0 Å². The molecule has 0 aromatic heterocycles. The van der Waals surface area contributed by atoms with Gasteiger partial charge in [0.05, 0.1) is 0 Å². The Morgan fingerprint density at radius 3 is 2.50 bits per heavy atom. The molecule has 0 unspecified atom stereocenters. The van der Waals surface area contributed by atoms with Crippen LogP contribution in [0.4, 0.5) is 0 Å². The molecule has 0 aliphatic heterocycles. The fourth-order valence-electron chi connectivity index (χ4n) is 0.450. The van der Waals surface area contributed by atoms with E-state index in [1.54, 1.807) is 24.3 Å². The van der Waals surface area contributed by atoms with Gasteiger partial charge >= 0.3 is 0 Å². The summed E-state index contributed by atoms with van der Waals surface area (Å²) >= 11 is 3.24. The highest BCUT2D eigenvalue weighted by atomic mass is 79.9. The number of rotatable bonds is 1. The summed E-state index contributed by atoms with van der Waals surface area (Å²) in [6, 6.07) is 6.83. The molecule has 0 saturated carbocycles. The van der Waals surface area contributed by atoms with Crippen molar-refractivity contribution in [2.45, 2.75) is 0 Å². The van der Waals surface area contributed by atoms with Crippen molar-refractivity contribution in [1.82, 2.24) is 0 Å². The van der Waals surface area contributed by atoms with Gasteiger partial charge in [0.15, 0.2) is 0 Å². The molecule has 8 heavy (non-hydrogen) atoms. The quantitative estimate of drug-likeness (QED) is 0.568. The third-order valence-corrected chi connectivity index (χ3v) is 1.71. The molecule has 0 saturated heterocycles. The summed E-state index contributed by atoms with van der Waals surface area (Å²) in [6.07, 6.45) is 0. The molecule has 1 aromatic rings. The lowest BCUT2D eigenvalue weighted by Crippen LogP contribution is -1.97. The lowest BCUT2D eigenvalue weighted by Gasteiger charge is -1.88. The van der Waals surface area contributed by atoms with Gasteiger partial charge in [0, 0.05) is 18.2 Å². The van der Waals surface area contributed by atoms with E-state index in [2.05, 4.69) is 15.9 Å². The largest absolute Gasteiger partial charge is 0.0707 e. The number of benzene rings is 1. The average Bonchev–Trinajstić information content (AvgIpc) is 1.86. The molecule has 0 fully saturated rings. The Morgan fingerprint density at radius 2 is 2.00 bits per heavy atom. The number of hydrogen-bond acceptors (Lipinski definition) is 0. The van der Waals surface area contributed by atoms with E-state index in [0.29, 0.717) is 5.19 Å². The molecule has 2 heteroatoms. The highest BCUT2D eigenvalue weighted by Crippen LogP contribution is 2.04. The predicted octanol–water partition coefficient (Wildman–Crippen LogP) is 0.440. The van der Waals surface area contributed by atoms with Crippen molar-refractivity contribution in [3.05, 3.63) is 28.7 Å². The SMILES string of the molecule is [3H][Si]([3H])([3H])c1ccc(Br)cc1. The van der Waals surface area contributed by atoms with Gasteiger partial charge in [-0.15, -0.1) is 0 Å². The number of hydrogen-bond donors (Lipinski definition) is 0. The predicted molar refractivity (Wildman–Crippen MR) is 43.7 cm³/mol. The zero-order chi connectivity index (χ0) is 8.48. The molecule has 0 amide bonds. The van der Waals surface area contributed by atoms with Crippen LogP contribution in [-0.4, -0.2) is 13.7 Å². The van der Waals surface area contributed by atoms with E-state index >= 15 is 0 Å². The summed E-state index contributed by atoms with van der Waals surface area (Å²) in [4.78, 5) is 0. The minimum atomic E-state index is -3.33. The minimum Gasteiger partial charge on any atom is -0.0707 e. The van der Waals surface area contributed by atoms with Crippen LogP contribution in [0.5, 0.6) is 0 Å². The highest BCUT2D eigenvalue weighted by molar-refractivity contribution is 9.10. The Hall–Kier alpha value is -0.0831. The van der Waals surface area contributed by atoms with Gasteiger partial charge in [-0.25, -0.2) is 0 Å². The second-order valence-electron chi connectivity index (χ2n) is 1.51. The zero-order valence-electron chi connectivity index (χ0n) is 7.19. The van der Waals surface area contributed by atoms with E-state index in [0.717, 1.165) is 4.47 Å². The molecule has 0 spiro atoms. The van der Waals surface area contributed by atoms with E-state index in [9.17, 15) is 0 Å². The average molecular weight is 193 g/mol. The third-order valence-electron chi connectivity index (χ3n) is 0.844. The second-order valence-corrected chi connectivity index (χ2v) is 3.00. The molecule has 1 rings (SSSR count). The van der Waals surface area contributed by atoms with Gasteiger partial charge in [0.25, 0.3) is 0 Å². The molecule has 0 bridgehead atoms. The molecule has 0 N–H and O–H groups in total. The fourth-order valence-corrected chi connectivity index (χ4v) is 0.881. The molecule has 0 atom stereocenters. The lowest BCUT2D eigenvalue weighted by atomic mass is 10.4. The minimum absolute atomic E-state index is 0.515. The summed E-state index contributed by atoms with van der Waals surface area (Å²) in [6.45, 7) is 0. The van der Waals surface area contributed by atoms with E-state index in [-0.39, 0.29) is 0 Å². The molecular formula is C6H7BrSi. The molecule has 0 aliphatic carbocycles. The van der Waals surface area contributed by atoms with Crippen LogP contribution in [-0.2, 0) is 0 Å². The second kappa shape index (κ2) is 2.46. The molecule has 0 nitrogen and oxygen atoms in total. The normalized spacial score (nSPS) is 16.4. The monoisotopic (exact) mass is 192 g/mol. The van der Waals surface area contributed by atoms with Gasteiger partial charge in [0.2, 0.25) is 0 Å². The van der Waals surface area contributed by atoms with Crippen molar-refractivity contribution >= 4 is 31.2 Å². The van der Waals surface area contributed by atoms with Gasteiger partial charge in [-0.05, 0) is 12.1 Å². The summed E-state index contributed by atoms with van der Waals surface area (Å²) in [5, 5.41) is 0.515. The lowest BCUT2D eigenvalue weighted by molar-refractivity contribution is 1.70. The summed E-state index contributed by atoms with van der Waals surface area (Å²) in [5.74, 6) is 0. The van der Waals surface area contributed by atoms with Crippen LogP contribution >= 0.6 is 15.9 Å².